The first-order valence-corrected chi connectivity index (χ1v) is 9.99. The van der Waals surface area contributed by atoms with E-state index < -0.39 is 0 Å². The van der Waals surface area contributed by atoms with E-state index in [1.807, 2.05) is 37.5 Å². The Hall–Kier alpha value is -3.90. The molecule has 0 aliphatic heterocycles. The number of nitriles is 1. The summed E-state index contributed by atoms with van der Waals surface area (Å²) in [5, 5.41) is 11.8. The average molecular weight is 389 g/mol. The number of nitrogens with zero attached hydrogens (tertiary/aromatic N) is 2. The lowest BCUT2D eigenvalue weighted by Crippen LogP contribution is -2.30. The van der Waals surface area contributed by atoms with Gasteiger partial charge in [-0.1, -0.05) is 42.0 Å². The number of aryl methyl sites for hydroxylation is 3. The van der Waals surface area contributed by atoms with Crippen LogP contribution in [-0.4, -0.2) is 0 Å². The lowest BCUT2D eigenvalue weighted by Gasteiger charge is -2.05. The third kappa shape index (κ3) is 2.77. The topological polar surface area (TPSA) is 40.8 Å². The van der Waals surface area contributed by atoms with Gasteiger partial charge in [0.05, 0.1) is 17.2 Å². The number of rotatable bonds is 2. The smallest absolute Gasteiger partial charge is 0.216 e. The summed E-state index contributed by atoms with van der Waals surface area (Å²) in [6.07, 6.45) is 2.03. The molecule has 5 rings (SSSR count). The lowest BCUT2D eigenvalue weighted by molar-refractivity contribution is -0.660. The van der Waals surface area contributed by atoms with Crippen LogP contribution in [-0.2, 0) is 7.05 Å². The van der Waals surface area contributed by atoms with Crippen LogP contribution in [0.25, 0.3) is 44.3 Å². The number of furan rings is 1. The van der Waals surface area contributed by atoms with Gasteiger partial charge < -0.3 is 4.42 Å². The highest BCUT2D eigenvalue weighted by atomic mass is 16.3. The van der Waals surface area contributed by atoms with Gasteiger partial charge in [-0.3, -0.25) is 0 Å². The van der Waals surface area contributed by atoms with Crippen molar-refractivity contribution in [1.82, 2.24) is 0 Å². The number of hydrogen-bond donors (Lipinski definition) is 0. The summed E-state index contributed by atoms with van der Waals surface area (Å²) in [6.45, 7) is 4.16. The highest BCUT2D eigenvalue weighted by Crippen LogP contribution is 2.39. The fourth-order valence-electron chi connectivity index (χ4n) is 4.17. The fourth-order valence-corrected chi connectivity index (χ4v) is 4.17. The molecule has 0 saturated carbocycles. The van der Waals surface area contributed by atoms with Crippen LogP contribution in [0.4, 0.5) is 0 Å². The van der Waals surface area contributed by atoms with E-state index in [0.717, 1.165) is 49.9 Å². The summed E-state index contributed by atoms with van der Waals surface area (Å²) in [5.41, 5.74) is 8.75. The van der Waals surface area contributed by atoms with Gasteiger partial charge in [-0.25, -0.2) is 4.57 Å². The Morgan fingerprint density at radius 2 is 1.70 bits per heavy atom. The van der Waals surface area contributed by atoms with Gasteiger partial charge in [0.15, 0.2) is 6.20 Å². The Kier molecular flexibility index (Phi) is 4.15. The zero-order chi connectivity index (χ0) is 20.8. The highest BCUT2D eigenvalue weighted by Gasteiger charge is 2.22. The van der Waals surface area contributed by atoms with Crippen molar-refractivity contribution in [2.45, 2.75) is 13.8 Å². The molecule has 3 heteroatoms. The minimum Gasteiger partial charge on any atom is -0.455 e. The average Bonchev–Trinajstić information content (AvgIpc) is 3.13. The standard InChI is InChI=1S/C27H21N2O/c1-17-7-10-19(11-8-17)20-14-21(16-28)26-22-12-9-18(2)25(27(22)30-24(26)15-20)23-6-4-5-13-29(23)3/h4-15H,1-3H3/q+1. The quantitative estimate of drug-likeness (QED) is 0.336. The van der Waals surface area contributed by atoms with Crippen LogP contribution >= 0.6 is 0 Å². The maximum absolute atomic E-state index is 9.92. The van der Waals surface area contributed by atoms with Crippen molar-refractivity contribution in [3.63, 3.8) is 0 Å². The summed E-state index contributed by atoms with van der Waals surface area (Å²) in [5.74, 6) is 0. The zero-order valence-corrected chi connectivity index (χ0v) is 17.2. The van der Waals surface area contributed by atoms with Gasteiger partial charge in [0, 0.05) is 22.9 Å². The van der Waals surface area contributed by atoms with Crippen molar-refractivity contribution >= 4 is 21.9 Å². The van der Waals surface area contributed by atoms with E-state index in [1.54, 1.807) is 0 Å². The van der Waals surface area contributed by atoms with E-state index in [1.165, 1.54) is 5.56 Å². The first kappa shape index (κ1) is 18.1. The van der Waals surface area contributed by atoms with Crippen molar-refractivity contribution in [3.8, 4) is 28.5 Å². The van der Waals surface area contributed by atoms with E-state index in [2.05, 4.69) is 66.9 Å². The third-order valence-electron chi connectivity index (χ3n) is 5.77. The molecule has 3 nitrogen and oxygen atoms in total. The predicted molar refractivity (Wildman–Crippen MR) is 120 cm³/mol. The normalized spacial score (nSPS) is 11.1. The predicted octanol–water partition coefficient (Wildman–Crippen LogP) is 6.23. The molecular formula is C27H21N2O+. The molecule has 2 aromatic heterocycles. The maximum Gasteiger partial charge on any atom is 0.216 e. The van der Waals surface area contributed by atoms with Gasteiger partial charge in [-0.05, 0) is 48.7 Å². The molecule has 0 atom stereocenters. The van der Waals surface area contributed by atoms with Gasteiger partial charge in [-0.15, -0.1) is 0 Å². The summed E-state index contributed by atoms with van der Waals surface area (Å²) in [4.78, 5) is 0. The minimum absolute atomic E-state index is 0.633. The molecule has 30 heavy (non-hydrogen) atoms. The molecule has 0 fully saturated rings. The molecule has 0 radical (unpaired) electrons. The van der Waals surface area contributed by atoms with Crippen LogP contribution in [0.15, 0.2) is 77.3 Å². The fraction of sp³-hybridized carbons (Fsp3) is 0.111. The Morgan fingerprint density at radius 1 is 0.900 bits per heavy atom. The first-order valence-electron chi connectivity index (χ1n) is 9.99. The van der Waals surface area contributed by atoms with Crippen LogP contribution in [0.3, 0.4) is 0 Å². The van der Waals surface area contributed by atoms with Crippen LogP contribution in [0.2, 0.25) is 0 Å². The number of aromatic nitrogens is 1. The lowest BCUT2D eigenvalue weighted by atomic mass is 9.96. The van der Waals surface area contributed by atoms with Crippen molar-refractivity contribution < 1.29 is 8.98 Å². The summed E-state index contributed by atoms with van der Waals surface area (Å²) in [6, 6.07) is 25.0. The first-order chi connectivity index (χ1) is 14.6. The molecule has 0 spiro atoms. The molecule has 2 heterocycles. The van der Waals surface area contributed by atoms with Crippen LogP contribution < -0.4 is 4.57 Å². The third-order valence-corrected chi connectivity index (χ3v) is 5.77. The Labute approximate surface area is 175 Å². The van der Waals surface area contributed by atoms with E-state index in [9.17, 15) is 5.26 Å². The van der Waals surface area contributed by atoms with E-state index in [4.69, 9.17) is 4.42 Å². The molecule has 0 unspecified atom stereocenters. The van der Waals surface area contributed by atoms with Crippen molar-refractivity contribution in [2.75, 3.05) is 0 Å². The zero-order valence-electron chi connectivity index (χ0n) is 17.2. The molecule has 0 aliphatic carbocycles. The van der Waals surface area contributed by atoms with Gasteiger partial charge in [-0.2, -0.15) is 5.26 Å². The SMILES string of the molecule is Cc1ccc(-c2cc(C#N)c3c(c2)oc2c(-c4cccc[n+]4C)c(C)ccc23)cc1. The van der Waals surface area contributed by atoms with Crippen molar-refractivity contribution in [1.29, 1.82) is 5.26 Å². The molecule has 5 aromatic rings. The number of hydrogen-bond acceptors (Lipinski definition) is 2. The maximum atomic E-state index is 9.92. The second-order valence-electron chi connectivity index (χ2n) is 7.81. The molecule has 0 bridgehead atoms. The largest absolute Gasteiger partial charge is 0.455 e. The van der Waals surface area contributed by atoms with E-state index in [-0.39, 0.29) is 0 Å². The van der Waals surface area contributed by atoms with E-state index in [0.29, 0.717) is 5.56 Å². The minimum atomic E-state index is 0.633. The van der Waals surface area contributed by atoms with E-state index >= 15 is 0 Å². The number of fused-ring (bicyclic) bond motifs is 3. The molecule has 0 N–H and O–H groups in total. The molecule has 3 aromatic carbocycles. The highest BCUT2D eigenvalue weighted by molar-refractivity contribution is 6.12. The Bertz CT molecular complexity index is 1470. The molecule has 0 aliphatic rings. The molecule has 144 valence electrons. The van der Waals surface area contributed by atoms with Gasteiger partial charge >= 0.3 is 0 Å². The van der Waals surface area contributed by atoms with Crippen LogP contribution in [0.5, 0.6) is 0 Å². The van der Waals surface area contributed by atoms with Crippen molar-refractivity contribution in [2.24, 2.45) is 7.05 Å². The van der Waals surface area contributed by atoms with Crippen molar-refractivity contribution in [3.05, 3.63) is 89.6 Å². The number of benzene rings is 3. The van der Waals surface area contributed by atoms with Gasteiger partial charge in [0.2, 0.25) is 5.69 Å². The van der Waals surface area contributed by atoms with Gasteiger partial charge in [0.1, 0.15) is 18.2 Å². The van der Waals surface area contributed by atoms with Crippen LogP contribution in [0.1, 0.15) is 16.7 Å². The summed E-state index contributed by atoms with van der Waals surface area (Å²) in [7, 11) is 2.03. The van der Waals surface area contributed by atoms with Gasteiger partial charge in [0.25, 0.3) is 0 Å². The monoisotopic (exact) mass is 389 g/mol. The second kappa shape index (κ2) is 6.86. The molecular weight excluding hydrogens is 368 g/mol. The molecule has 0 saturated heterocycles. The summed E-state index contributed by atoms with van der Waals surface area (Å²) < 4.78 is 8.53. The molecule has 0 amide bonds. The second-order valence-corrected chi connectivity index (χ2v) is 7.81. The summed E-state index contributed by atoms with van der Waals surface area (Å²) >= 11 is 0. The van der Waals surface area contributed by atoms with Crippen LogP contribution in [0, 0.1) is 25.2 Å². The Morgan fingerprint density at radius 3 is 2.43 bits per heavy atom. The Balaban J connectivity index is 1.85. The number of pyridine rings is 1.